The number of fused-ring (bicyclic) bond motifs is 1. The highest BCUT2D eigenvalue weighted by atomic mass is 15.1. The number of nitrogens with zero attached hydrogens (tertiary/aromatic N) is 4. The van der Waals surface area contributed by atoms with Gasteiger partial charge in [-0.25, -0.2) is 15.0 Å². The number of anilines is 2. The number of hydrogen-bond acceptors (Lipinski definition) is 5. The maximum Gasteiger partial charge on any atom is 0.160 e. The first kappa shape index (κ1) is 17.2. The summed E-state index contributed by atoms with van der Waals surface area (Å²) in [5.74, 6) is 1.93. The third-order valence-electron chi connectivity index (χ3n) is 4.32. The molecule has 25 heavy (non-hydrogen) atoms. The van der Waals surface area contributed by atoms with E-state index in [2.05, 4.69) is 23.4 Å². The molecule has 0 radical (unpaired) electrons. The summed E-state index contributed by atoms with van der Waals surface area (Å²) in [6.07, 6.45) is 5.54. The first-order valence-electron chi connectivity index (χ1n) is 9.02. The number of nitrogen functional groups attached to an aromatic ring is 2. The Bertz CT molecular complexity index is 847. The van der Waals surface area contributed by atoms with Crippen LogP contribution in [-0.4, -0.2) is 19.5 Å². The number of aryl methyl sites for hydroxylation is 2. The van der Waals surface area contributed by atoms with Gasteiger partial charge in [-0.1, -0.05) is 26.7 Å². The number of rotatable bonds is 7. The van der Waals surface area contributed by atoms with Crippen molar-refractivity contribution in [1.29, 1.82) is 0 Å². The summed E-state index contributed by atoms with van der Waals surface area (Å²) in [7, 11) is 0. The van der Waals surface area contributed by atoms with E-state index in [1.807, 2.05) is 12.1 Å². The third-order valence-corrected chi connectivity index (χ3v) is 4.32. The summed E-state index contributed by atoms with van der Waals surface area (Å²) >= 11 is 0. The fourth-order valence-electron chi connectivity index (χ4n) is 3.01. The largest absolute Gasteiger partial charge is 0.384 e. The van der Waals surface area contributed by atoms with Crippen LogP contribution in [-0.2, 0) is 13.0 Å². The Morgan fingerprint density at radius 1 is 0.920 bits per heavy atom. The minimum atomic E-state index is 0.403. The van der Waals surface area contributed by atoms with Gasteiger partial charge < -0.3 is 16.0 Å². The monoisotopic (exact) mass is 338 g/mol. The molecule has 3 rings (SSSR count). The minimum absolute atomic E-state index is 0.403. The van der Waals surface area contributed by atoms with Crippen molar-refractivity contribution >= 4 is 22.8 Å². The fourth-order valence-corrected chi connectivity index (χ4v) is 3.01. The second-order valence-electron chi connectivity index (χ2n) is 6.38. The number of imidazole rings is 1. The van der Waals surface area contributed by atoms with E-state index in [1.54, 1.807) is 12.1 Å². The van der Waals surface area contributed by atoms with E-state index in [1.165, 1.54) is 0 Å². The first-order chi connectivity index (χ1) is 12.1. The summed E-state index contributed by atoms with van der Waals surface area (Å²) in [6.45, 7) is 5.35. The standard InChI is InChI=1S/C19H26N6/c1-3-5-7-18-22-15-9-8-14(13-11-16(20)24-17(21)12-13)23-19(15)25(18)10-6-4-2/h8-9,11-12H,3-7,10H2,1-2H3,(H4,20,21,24). The van der Waals surface area contributed by atoms with Crippen molar-refractivity contribution in [2.45, 2.75) is 52.5 Å². The molecule has 6 nitrogen and oxygen atoms in total. The van der Waals surface area contributed by atoms with Gasteiger partial charge in [0, 0.05) is 18.5 Å². The average Bonchev–Trinajstić information content (AvgIpc) is 2.93. The van der Waals surface area contributed by atoms with Crippen molar-refractivity contribution in [2.75, 3.05) is 11.5 Å². The SMILES string of the molecule is CCCCc1nc2ccc(-c3cc(N)nc(N)c3)nc2n1CCCC. The van der Waals surface area contributed by atoms with Gasteiger partial charge in [0.05, 0.1) is 5.69 Å². The van der Waals surface area contributed by atoms with Crippen LogP contribution in [0.25, 0.3) is 22.4 Å². The van der Waals surface area contributed by atoms with Crippen LogP contribution < -0.4 is 11.5 Å². The summed E-state index contributed by atoms with van der Waals surface area (Å²) in [6, 6.07) is 7.60. The Hall–Kier alpha value is -2.63. The Balaban J connectivity index is 2.08. The van der Waals surface area contributed by atoms with E-state index in [0.29, 0.717) is 11.6 Å². The number of aromatic nitrogens is 4. The Labute approximate surface area is 148 Å². The van der Waals surface area contributed by atoms with E-state index in [0.717, 1.165) is 66.9 Å². The number of unbranched alkanes of at least 4 members (excludes halogenated alkanes) is 2. The smallest absolute Gasteiger partial charge is 0.160 e. The van der Waals surface area contributed by atoms with E-state index in [9.17, 15) is 0 Å². The fraction of sp³-hybridized carbons (Fsp3) is 0.421. The molecule has 4 N–H and O–H groups in total. The molecule has 0 aliphatic carbocycles. The van der Waals surface area contributed by atoms with Crippen molar-refractivity contribution in [2.24, 2.45) is 0 Å². The maximum atomic E-state index is 5.83. The molecule has 3 aromatic rings. The molecule has 0 aliphatic heterocycles. The summed E-state index contributed by atoms with van der Waals surface area (Å²) < 4.78 is 2.27. The minimum Gasteiger partial charge on any atom is -0.384 e. The lowest BCUT2D eigenvalue weighted by molar-refractivity contribution is 0.601. The molecule has 6 heteroatoms. The van der Waals surface area contributed by atoms with Gasteiger partial charge in [-0.15, -0.1) is 0 Å². The third kappa shape index (κ3) is 3.73. The van der Waals surface area contributed by atoms with Crippen molar-refractivity contribution in [1.82, 2.24) is 19.5 Å². The van der Waals surface area contributed by atoms with Gasteiger partial charge in [-0.05, 0) is 37.1 Å². The van der Waals surface area contributed by atoms with E-state index in [4.69, 9.17) is 21.4 Å². The summed E-state index contributed by atoms with van der Waals surface area (Å²) in [5.41, 5.74) is 15.3. The number of pyridine rings is 2. The Kier molecular flexibility index (Phi) is 5.16. The highest BCUT2D eigenvalue weighted by molar-refractivity contribution is 5.77. The average molecular weight is 338 g/mol. The molecule has 0 saturated heterocycles. The molecule has 0 fully saturated rings. The van der Waals surface area contributed by atoms with Gasteiger partial charge in [-0.2, -0.15) is 0 Å². The molecule has 0 spiro atoms. The molecule has 0 saturated carbocycles. The Morgan fingerprint density at radius 3 is 2.32 bits per heavy atom. The van der Waals surface area contributed by atoms with Crippen molar-refractivity contribution in [3.05, 3.63) is 30.1 Å². The molecule has 3 heterocycles. The van der Waals surface area contributed by atoms with Gasteiger partial charge in [-0.3, -0.25) is 0 Å². The highest BCUT2D eigenvalue weighted by Crippen LogP contribution is 2.25. The van der Waals surface area contributed by atoms with E-state index >= 15 is 0 Å². The van der Waals surface area contributed by atoms with Crippen LogP contribution in [0.4, 0.5) is 11.6 Å². The topological polar surface area (TPSA) is 95.6 Å². The summed E-state index contributed by atoms with van der Waals surface area (Å²) in [5, 5.41) is 0. The molecular weight excluding hydrogens is 312 g/mol. The van der Waals surface area contributed by atoms with E-state index < -0.39 is 0 Å². The second kappa shape index (κ2) is 7.51. The number of nitrogens with two attached hydrogens (primary N) is 2. The van der Waals surface area contributed by atoms with Gasteiger partial charge >= 0.3 is 0 Å². The van der Waals surface area contributed by atoms with Crippen LogP contribution in [0.15, 0.2) is 24.3 Å². The Morgan fingerprint density at radius 2 is 1.64 bits per heavy atom. The highest BCUT2D eigenvalue weighted by Gasteiger charge is 2.13. The van der Waals surface area contributed by atoms with Crippen LogP contribution in [0.3, 0.4) is 0 Å². The zero-order valence-corrected chi connectivity index (χ0v) is 15.0. The lowest BCUT2D eigenvalue weighted by Crippen LogP contribution is -2.05. The van der Waals surface area contributed by atoms with E-state index in [-0.39, 0.29) is 0 Å². The predicted octanol–water partition coefficient (Wildman–Crippen LogP) is 3.80. The zero-order valence-electron chi connectivity index (χ0n) is 15.0. The summed E-state index contributed by atoms with van der Waals surface area (Å²) in [4.78, 5) is 13.7. The molecule has 0 bridgehead atoms. The van der Waals surface area contributed by atoms with Crippen LogP contribution in [0.2, 0.25) is 0 Å². The van der Waals surface area contributed by atoms with Crippen LogP contribution in [0.5, 0.6) is 0 Å². The predicted molar refractivity (Wildman–Crippen MR) is 103 cm³/mol. The molecule has 0 unspecified atom stereocenters. The van der Waals surface area contributed by atoms with Gasteiger partial charge in [0.1, 0.15) is 23.0 Å². The normalized spacial score (nSPS) is 11.3. The number of hydrogen-bond donors (Lipinski definition) is 2. The lowest BCUT2D eigenvalue weighted by Gasteiger charge is -2.09. The van der Waals surface area contributed by atoms with Crippen molar-refractivity contribution in [3.63, 3.8) is 0 Å². The van der Waals surface area contributed by atoms with Crippen LogP contribution >= 0.6 is 0 Å². The quantitative estimate of drug-likeness (QED) is 0.683. The van der Waals surface area contributed by atoms with Gasteiger partial charge in [0.15, 0.2) is 5.65 Å². The molecule has 0 aromatic carbocycles. The molecule has 3 aromatic heterocycles. The van der Waals surface area contributed by atoms with Gasteiger partial charge in [0.25, 0.3) is 0 Å². The van der Waals surface area contributed by atoms with Gasteiger partial charge in [0.2, 0.25) is 0 Å². The first-order valence-corrected chi connectivity index (χ1v) is 9.02. The van der Waals surface area contributed by atoms with Crippen molar-refractivity contribution in [3.8, 4) is 11.3 Å². The second-order valence-corrected chi connectivity index (χ2v) is 6.38. The molecule has 0 aliphatic rings. The molecule has 132 valence electrons. The van der Waals surface area contributed by atoms with Crippen LogP contribution in [0, 0.1) is 0 Å². The lowest BCUT2D eigenvalue weighted by atomic mass is 10.1. The molecule has 0 atom stereocenters. The maximum absolute atomic E-state index is 5.83. The van der Waals surface area contributed by atoms with Crippen molar-refractivity contribution < 1.29 is 0 Å². The molecule has 0 amide bonds. The zero-order chi connectivity index (χ0) is 17.8. The molecular formula is C19H26N6. The van der Waals surface area contributed by atoms with Crippen LogP contribution in [0.1, 0.15) is 45.4 Å².